The average molecular weight is 260 g/mol. The first kappa shape index (κ1) is 15.3. The van der Waals surface area contributed by atoms with Gasteiger partial charge in [0, 0.05) is 25.2 Å². The van der Waals surface area contributed by atoms with Crippen molar-refractivity contribution in [2.45, 2.75) is 39.3 Å². The fourth-order valence-corrected chi connectivity index (χ4v) is 2.68. The number of rotatable bonds is 8. The van der Waals surface area contributed by atoms with E-state index in [1.807, 2.05) is 11.8 Å². The van der Waals surface area contributed by atoms with Gasteiger partial charge in [0.15, 0.2) is 0 Å². The highest BCUT2D eigenvalue weighted by Gasteiger charge is 2.22. The second kappa shape index (κ2) is 9.20. The van der Waals surface area contributed by atoms with Crippen molar-refractivity contribution in [2.75, 3.05) is 44.4 Å². The number of thioether (sulfide) groups is 1. The van der Waals surface area contributed by atoms with Crippen LogP contribution in [0.3, 0.4) is 0 Å². The molecule has 17 heavy (non-hydrogen) atoms. The van der Waals surface area contributed by atoms with Crippen LogP contribution in [0.15, 0.2) is 0 Å². The van der Waals surface area contributed by atoms with E-state index in [4.69, 9.17) is 4.74 Å². The van der Waals surface area contributed by atoms with Gasteiger partial charge < -0.3 is 10.1 Å². The quantitative estimate of drug-likeness (QED) is 0.673. The molecule has 1 saturated heterocycles. The molecule has 1 atom stereocenters. The topological polar surface area (TPSA) is 24.5 Å². The highest BCUT2D eigenvalue weighted by molar-refractivity contribution is 7.99. The minimum absolute atomic E-state index is 0.564. The van der Waals surface area contributed by atoms with Crippen LogP contribution in [0, 0.1) is 0 Å². The summed E-state index contributed by atoms with van der Waals surface area (Å²) in [6.07, 6.45) is 1.30. The summed E-state index contributed by atoms with van der Waals surface area (Å²) in [5.74, 6) is 2.53. The Morgan fingerprint density at radius 2 is 2.29 bits per heavy atom. The molecule has 0 aromatic rings. The van der Waals surface area contributed by atoms with Crippen molar-refractivity contribution in [3.8, 4) is 0 Å². The van der Waals surface area contributed by atoms with E-state index in [1.165, 1.54) is 24.5 Å². The first-order valence-electron chi connectivity index (χ1n) is 6.87. The molecule has 0 amide bonds. The van der Waals surface area contributed by atoms with Crippen LogP contribution in [0.2, 0.25) is 0 Å². The summed E-state index contributed by atoms with van der Waals surface area (Å²) in [6.45, 7) is 11.8. The molecular formula is C13H28N2OS. The van der Waals surface area contributed by atoms with Crippen molar-refractivity contribution in [3.63, 3.8) is 0 Å². The van der Waals surface area contributed by atoms with Gasteiger partial charge in [0.1, 0.15) is 0 Å². The van der Waals surface area contributed by atoms with Crippen molar-refractivity contribution in [1.82, 2.24) is 10.2 Å². The molecule has 1 rings (SSSR count). The Morgan fingerprint density at radius 3 is 3.00 bits per heavy atom. The normalized spacial score (nSPS) is 22.2. The smallest absolute Gasteiger partial charge is 0.0634 e. The highest BCUT2D eigenvalue weighted by Crippen LogP contribution is 2.09. The minimum atomic E-state index is 0.564. The van der Waals surface area contributed by atoms with Gasteiger partial charge in [-0.05, 0) is 24.5 Å². The van der Waals surface area contributed by atoms with Gasteiger partial charge in [-0.25, -0.2) is 0 Å². The summed E-state index contributed by atoms with van der Waals surface area (Å²) >= 11 is 2.04. The highest BCUT2D eigenvalue weighted by atomic mass is 32.2. The molecular weight excluding hydrogens is 232 g/mol. The van der Waals surface area contributed by atoms with Crippen LogP contribution in [0.1, 0.15) is 27.2 Å². The molecule has 3 nitrogen and oxygen atoms in total. The van der Waals surface area contributed by atoms with Crippen molar-refractivity contribution >= 4 is 11.8 Å². The van der Waals surface area contributed by atoms with E-state index >= 15 is 0 Å². The van der Waals surface area contributed by atoms with E-state index in [2.05, 4.69) is 31.0 Å². The monoisotopic (exact) mass is 260 g/mol. The third-order valence-corrected chi connectivity index (χ3v) is 4.03. The van der Waals surface area contributed by atoms with Crippen LogP contribution in [-0.2, 0) is 4.74 Å². The van der Waals surface area contributed by atoms with E-state index in [9.17, 15) is 0 Å². The molecule has 1 aliphatic rings. The van der Waals surface area contributed by atoms with Gasteiger partial charge in [0.25, 0.3) is 0 Å². The number of nitrogens with one attached hydrogen (secondary N) is 1. The SMILES string of the molecule is CCSCCCN1CCOCC1CNC(C)C. The minimum Gasteiger partial charge on any atom is -0.378 e. The van der Waals surface area contributed by atoms with E-state index < -0.39 is 0 Å². The summed E-state index contributed by atoms with van der Waals surface area (Å²) in [6, 6.07) is 1.13. The molecule has 0 aliphatic carbocycles. The molecule has 0 radical (unpaired) electrons. The summed E-state index contributed by atoms with van der Waals surface area (Å²) in [7, 11) is 0. The van der Waals surface area contributed by atoms with Crippen LogP contribution in [0.5, 0.6) is 0 Å². The Bertz CT molecular complexity index is 190. The number of ether oxygens (including phenoxy) is 1. The fourth-order valence-electron chi connectivity index (χ4n) is 2.06. The molecule has 4 heteroatoms. The predicted octanol–water partition coefficient (Wildman–Crippen LogP) is 1.83. The Kier molecular flexibility index (Phi) is 8.27. The lowest BCUT2D eigenvalue weighted by Crippen LogP contribution is -2.51. The van der Waals surface area contributed by atoms with Crippen LogP contribution in [0.25, 0.3) is 0 Å². The van der Waals surface area contributed by atoms with E-state index in [1.54, 1.807) is 0 Å². The maximum absolute atomic E-state index is 5.59. The second-order valence-corrected chi connectivity index (χ2v) is 6.27. The zero-order valence-corrected chi connectivity index (χ0v) is 12.4. The molecule has 102 valence electrons. The van der Waals surface area contributed by atoms with Gasteiger partial charge >= 0.3 is 0 Å². The Morgan fingerprint density at radius 1 is 1.47 bits per heavy atom. The first-order valence-corrected chi connectivity index (χ1v) is 8.02. The Balaban J connectivity index is 2.22. The molecule has 1 fully saturated rings. The third-order valence-electron chi connectivity index (χ3n) is 3.05. The van der Waals surface area contributed by atoms with Crippen LogP contribution in [-0.4, -0.2) is 61.3 Å². The van der Waals surface area contributed by atoms with Gasteiger partial charge in [0.05, 0.1) is 13.2 Å². The fraction of sp³-hybridized carbons (Fsp3) is 1.00. The summed E-state index contributed by atoms with van der Waals surface area (Å²) in [5, 5.41) is 3.52. The Labute approximate surface area is 111 Å². The number of hydrogen-bond acceptors (Lipinski definition) is 4. The number of nitrogens with zero attached hydrogens (tertiary/aromatic N) is 1. The predicted molar refractivity (Wildman–Crippen MR) is 76.9 cm³/mol. The van der Waals surface area contributed by atoms with Crippen molar-refractivity contribution in [2.24, 2.45) is 0 Å². The van der Waals surface area contributed by atoms with Gasteiger partial charge in [-0.15, -0.1) is 0 Å². The zero-order valence-electron chi connectivity index (χ0n) is 11.6. The number of morpholine rings is 1. The van der Waals surface area contributed by atoms with Crippen LogP contribution in [0.4, 0.5) is 0 Å². The van der Waals surface area contributed by atoms with Gasteiger partial charge in [-0.3, -0.25) is 4.90 Å². The third kappa shape index (κ3) is 6.65. The largest absolute Gasteiger partial charge is 0.378 e. The van der Waals surface area contributed by atoms with Gasteiger partial charge in [-0.2, -0.15) is 11.8 Å². The molecule has 0 aromatic carbocycles. The van der Waals surface area contributed by atoms with Gasteiger partial charge in [-0.1, -0.05) is 20.8 Å². The summed E-state index contributed by atoms with van der Waals surface area (Å²) in [5.41, 5.74) is 0. The molecule has 0 spiro atoms. The molecule has 0 saturated carbocycles. The van der Waals surface area contributed by atoms with Crippen LogP contribution >= 0.6 is 11.8 Å². The van der Waals surface area contributed by atoms with E-state index in [-0.39, 0.29) is 0 Å². The summed E-state index contributed by atoms with van der Waals surface area (Å²) in [4.78, 5) is 2.59. The summed E-state index contributed by atoms with van der Waals surface area (Å²) < 4.78 is 5.59. The lowest BCUT2D eigenvalue weighted by Gasteiger charge is -2.36. The van der Waals surface area contributed by atoms with E-state index in [0.717, 1.165) is 26.3 Å². The molecule has 0 bridgehead atoms. The molecule has 1 heterocycles. The molecule has 1 aliphatic heterocycles. The van der Waals surface area contributed by atoms with Crippen molar-refractivity contribution < 1.29 is 4.74 Å². The maximum Gasteiger partial charge on any atom is 0.0634 e. The van der Waals surface area contributed by atoms with Crippen molar-refractivity contribution in [1.29, 1.82) is 0 Å². The first-order chi connectivity index (χ1) is 8.24. The molecule has 1 N–H and O–H groups in total. The number of hydrogen-bond donors (Lipinski definition) is 1. The van der Waals surface area contributed by atoms with Crippen LogP contribution < -0.4 is 5.32 Å². The lowest BCUT2D eigenvalue weighted by molar-refractivity contribution is -0.00704. The molecule has 1 unspecified atom stereocenters. The second-order valence-electron chi connectivity index (χ2n) is 4.88. The standard InChI is InChI=1S/C13H28N2OS/c1-4-17-9-5-6-15-7-8-16-11-13(15)10-14-12(2)3/h12-14H,4-11H2,1-3H3. The maximum atomic E-state index is 5.59. The van der Waals surface area contributed by atoms with Crippen molar-refractivity contribution in [3.05, 3.63) is 0 Å². The van der Waals surface area contributed by atoms with Gasteiger partial charge in [0.2, 0.25) is 0 Å². The Hall–Kier alpha value is 0.230. The lowest BCUT2D eigenvalue weighted by atomic mass is 10.2. The van der Waals surface area contributed by atoms with E-state index in [0.29, 0.717) is 12.1 Å². The zero-order chi connectivity index (χ0) is 12.5. The average Bonchev–Trinajstić information content (AvgIpc) is 2.33. The molecule has 0 aromatic heterocycles.